The summed E-state index contributed by atoms with van der Waals surface area (Å²) in [6.45, 7) is 5.05. The predicted molar refractivity (Wildman–Crippen MR) is 109 cm³/mol. The van der Waals surface area contributed by atoms with Crippen molar-refractivity contribution in [2.75, 3.05) is 13.7 Å². The average molecular weight is 417 g/mol. The van der Waals surface area contributed by atoms with Gasteiger partial charge in [0, 0.05) is 24.9 Å². The van der Waals surface area contributed by atoms with Gasteiger partial charge in [-0.25, -0.2) is 0 Å². The van der Waals surface area contributed by atoms with E-state index in [-0.39, 0.29) is 17.1 Å². The minimum absolute atomic E-state index is 0.0623. The fourth-order valence-corrected chi connectivity index (χ4v) is 7.24. The molecule has 0 bridgehead atoms. The van der Waals surface area contributed by atoms with Crippen LogP contribution in [0.2, 0.25) is 0 Å². The smallest absolute Gasteiger partial charge is 0.303 e. The minimum atomic E-state index is -1.68. The van der Waals surface area contributed by atoms with E-state index in [1.165, 1.54) is 19.6 Å². The number of carbonyl (C=O) groups excluding carboxylic acids is 3. The standard InChI is InChI=1S/C24H32O6/c1-14(25)30-13-20(27)24(28)21(29-4)12-19-17-6-5-15-11-16(26)7-9-22(15,2)18(17)8-10-23(19,24)3/h7,9,11,17-19,21,28H,5-6,8,10,12-13H2,1-4H3/t17-,18+,19+,21+,22+,23+,24-/m1/s1. The molecular formula is C24H32O6. The number of Topliss-reactive ketones (excluding diaryl/α,β-unsaturated/α-hetero) is 1. The van der Waals surface area contributed by atoms with E-state index < -0.39 is 35.5 Å². The summed E-state index contributed by atoms with van der Waals surface area (Å²) in [5, 5.41) is 11.8. The fourth-order valence-electron chi connectivity index (χ4n) is 7.24. The van der Waals surface area contributed by atoms with Crippen LogP contribution in [0.4, 0.5) is 0 Å². The van der Waals surface area contributed by atoms with E-state index in [0.717, 1.165) is 19.3 Å². The Kier molecular flexibility index (Phi) is 5.09. The summed E-state index contributed by atoms with van der Waals surface area (Å²) in [4.78, 5) is 36.3. The molecule has 4 aliphatic rings. The number of allylic oxidation sites excluding steroid dienone is 4. The van der Waals surface area contributed by atoms with Gasteiger partial charge in [-0.2, -0.15) is 0 Å². The van der Waals surface area contributed by atoms with E-state index in [1.54, 1.807) is 12.2 Å². The summed E-state index contributed by atoms with van der Waals surface area (Å²) >= 11 is 0. The molecule has 3 saturated carbocycles. The zero-order valence-electron chi connectivity index (χ0n) is 18.3. The van der Waals surface area contributed by atoms with Crippen LogP contribution in [-0.2, 0) is 23.9 Å². The second-order valence-corrected chi connectivity index (χ2v) is 9.99. The number of ether oxygens (including phenoxy) is 2. The van der Waals surface area contributed by atoms with Crippen LogP contribution in [0.1, 0.15) is 52.9 Å². The number of hydrogen-bond donors (Lipinski definition) is 1. The number of methoxy groups -OCH3 is 1. The molecule has 0 heterocycles. The summed E-state index contributed by atoms with van der Waals surface area (Å²) < 4.78 is 10.6. The van der Waals surface area contributed by atoms with Gasteiger partial charge in [0.1, 0.15) is 0 Å². The van der Waals surface area contributed by atoms with Crippen LogP contribution in [0.3, 0.4) is 0 Å². The van der Waals surface area contributed by atoms with Crippen molar-refractivity contribution in [1.82, 2.24) is 0 Å². The van der Waals surface area contributed by atoms with Crippen molar-refractivity contribution in [3.8, 4) is 0 Å². The Balaban J connectivity index is 1.68. The first-order chi connectivity index (χ1) is 14.1. The van der Waals surface area contributed by atoms with Gasteiger partial charge < -0.3 is 14.6 Å². The summed E-state index contributed by atoms with van der Waals surface area (Å²) in [5.41, 5.74) is -1.26. The van der Waals surface area contributed by atoms with Crippen LogP contribution in [-0.4, -0.2) is 48.1 Å². The summed E-state index contributed by atoms with van der Waals surface area (Å²) in [7, 11) is 1.53. The molecule has 6 nitrogen and oxygen atoms in total. The van der Waals surface area contributed by atoms with Gasteiger partial charge in [-0.05, 0) is 62.0 Å². The van der Waals surface area contributed by atoms with Gasteiger partial charge in [0.25, 0.3) is 0 Å². The van der Waals surface area contributed by atoms with Gasteiger partial charge in [0.2, 0.25) is 5.78 Å². The van der Waals surface area contributed by atoms with Gasteiger partial charge in [-0.15, -0.1) is 0 Å². The van der Waals surface area contributed by atoms with E-state index in [4.69, 9.17) is 9.47 Å². The van der Waals surface area contributed by atoms with Crippen molar-refractivity contribution >= 4 is 17.5 Å². The number of hydrogen-bond acceptors (Lipinski definition) is 6. The molecule has 30 heavy (non-hydrogen) atoms. The van der Waals surface area contributed by atoms with Crippen molar-refractivity contribution in [2.24, 2.45) is 28.6 Å². The van der Waals surface area contributed by atoms with Crippen molar-refractivity contribution in [3.05, 3.63) is 23.8 Å². The lowest BCUT2D eigenvalue weighted by Gasteiger charge is -2.57. The molecule has 3 fully saturated rings. The lowest BCUT2D eigenvalue weighted by Crippen LogP contribution is -2.61. The lowest BCUT2D eigenvalue weighted by molar-refractivity contribution is -0.183. The Morgan fingerprint density at radius 1 is 1.23 bits per heavy atom. The second-order valence-electron chi connectivity index (χ2n) is 9.99. The first-order valence-corrected chi connectivity index (χ1v) is 10.9. The molecular weight excluding hydrogens is 384 g/mol. The Morgan fingerprint density at radius 3 is 2.63 bits per heavy atom. The molecule has 1 N–H and O–H groups in total. The van der Waals surface area contributed by atoms with Gasteiger partial charge in [0.05, 0.1) is 6.10 Å². The highest BCUT2D eigenvalue weighted by molar-refractivity contribution is 6.01. The third-order valence-corrected chi connectivity index (χ3v) is 8.87. The van der Waals surface area contributed by atoms with Crippen molar-refractivity contribution in [2.45, 2.75) is 64.6 Å². The number of fused-ring (bicyclic) bond motifs is 5. The highest BCUT2D eigenvalue weighted by Crippen LogP contribution is 2.67. The van der Waals surface area contributed by atoms with Gasteiger partial charge in [-0.1, -0.05) is 25.5 Å². The first-order valence-electron chi connectivity index (χ1n) is 10.9. The second kappa shape index (κ2) is 7.13. The molecule has 0 aromatic carbocycles. The number of ketones is 2. The van der Waals surface area contributed by atoms with Crippen LogP contribution < -0.4 is 0 Å². The summed E-state index contributed by atoms with van der Waals surface area (Å²) in [5.74, 6) is -0.134. The van der Waals surface area contributed by atoms with E-state index in [1.807, 2.05) is 6.92 Å². The van der Waals surface area contributed by atoms with E-state index in [0.29, 0.717) is 24.7 Å². The van der Waals surface area contributed by atoms with Crippen LogP contribution in [0.25, 0.3) is 0 Å². The lowest BCUT2D eigenvalue weighted by atomic mass is 9.47. The van der Waals surface area contributed by atoms with Gasteiger partial charge in [-0.3, -0.25) is 14.4 Å². The topological polar surface area (TPSA) is 89.9 Å². The molecule has 0 aromatic rings. The number of esters is 1. The molecule has 0 amide bonds. The number of aliphatic hydroxyl groups is 1. The van der Waals surface area contributed by atoms with Gasteiger partial charge in [0.15, 0.2) is 18.0 Å². The maximum Gasteiger partial charge on any atom is 0.303 e. The van der Waals surface area contributed by atoms with E-state index in [2.05, 4.69) is 13.0 Å². The first kappa shape index (κ1) is 21.4. The average Bonchev–Trinajstić information content (AvgIpc) is 2.94. The van der Waals surface area contributed by atoms with Crippen molar-refractivity contribution in [3.63, 3.8) is 0 Å². The Hall–Kier alpha value is -1.79. The van der Waals surface area contributed by atoms with Crippen LogP contribution in [0, 0.1) is 28.6 Å². The third kappa shape index (κ3) is 2.79. The van der Waals surface area contributed by atoms with E-state index in [9.17, 15) is 19.5 Å². The zero-order valence-corrected chi connectivity index (χ0v) is 18.3. The molecule has 0 radical (unpaired) electrons. The maximum atomic E-state index is 13.1. The summed E-state index contributed by atoms with van der Waals surface area (Å²) in [6, 6.07) is 0. The monoisotopic (exact) mass is 416 g/mol. The quantitative estimate of drug-likeness (QED) is 0.709. The fraction of sp³-hybridized carbons (Fsp3) is 0.708. The third-order valence-electron chi connectivity index (χ3n) is 8.87. The molecule has 0 aliphatic heterocycles. The molecule has 0 unspecified atom stereocenters. The largest absolute Gasteiger partial charge is 0.458 e. The molecule has 0 spiro atoms. The maximum absolute atomic E-state index is 13.1. The Morgan fingerprint density at radius 2 is 1.97 bits per heavy atom. The minimum Gasteiger partial charge on any atom is -0.458 e. The van der Waals surface area contributed by atoms with Crippen LogP contribution in [0.15, 0.2) is 23.8 Å². The molecule has 0 saturated heterocycles. The normalized spacial score (nSPS) is 44.6. The van der Waals surface area contributed by atoms with Crippen LogP contribution >= 0.6 is 0 Å². The SMILES string of the molecule is CO[C@H]1C[C@H]2[C@@H]3CCC4=CC(=O)C=C[C@]4(C)[C@H]3CC[C@]2(C)[C@@]1(O)C(=O)COC(C)=O. The predicted octanol–water partition coefficient (Wildman–Crippen LogP) is 2.78. The number of rotatable bonds is 4. The molecule has 4 rings (SSSR count). The molecule has 0 aromatic heterocycles. The van der Waals surface area contributed by atoms with Gasteiger partial charge >= 0.3 is 5.97 Å². The Labute approximate surface area is 177 Å². The molecule has 6 heteroatoms. The highest BCUT2D eigenvalue weighted by Gasteiger charge is 2.70. The highest BCUT2D eigenvalue weighted by atomic mass is 16.5. The molecule has 164 valence electrons. The van der Waals surface area contributed by atoms with Crippen molar-refractivity contribution in [1.29, 1.82) is 0 Å². The summed E-state index contributed by atoms with van der Waals surface area (Å²) in [6.07, 6.45) is 8.90. The zero-order chi connectivity index (χ0) is 21.9. The number of carbonyl (C=O) groups is 3. The van der Waals surface area contributed by atoms with Crippen molar-refractivity contribution < 1.29 is 29.0 Å². The molecule has 7 atom stereocenters. The molecule has 4 aliphatic carbocycles. The van der Waals surface area contributed by atoms with Crippen LogP contribution in [0.5, 0.6) is 0 Å². The van der Waals surface area contributed by atoms with E-state index >= 15 is 0 Å². The Bertz CT molecular complexity index is 843.